The van der Waals surface area contributed by atoms with E-state index in [0.717, 1.165) is 5.69 Å². The average Bonchev–Trinajstić information content (AvgIpc) is 2.44. The van der Waals surface area contributed by atoms with E-state index < -0.39 is 11.5 Å². The molecule has 1 aromatic rings. The molecule has 1 heterocycles. The molecule has 1 unspecified atom stereocenters. The zero-order chi connectivity index (χ0) is 11.9. The molecule has 1 aromatic carbocycles. The lowest BCUT2D eigenvalue weighted by atomic mass is 9.90. The Labute approximate surface area is 94.7 Å². The summed E-state index contributed by atoms with van der Waals surface area (Å²) in [7, 11) is 0. The molecule has 1 fully saturated rings. The fourth-order valence-electron chi connectivity index (χ4n) is 1.93. The standard InChI is InChI=1S/C12H16N2O2/c1-12(2)7-14(11(16)10(12)15)9-5-3-8(13)4-6-9/h3-6,10,15H,7,13H2,1-2H3. The van der Waals surface area contributed by atoms with Crippen LogP contribution in [0.1, 0.15) is 13.8 Å². The first kappa shape index (κ1) is 11.0. The minimum absolute atomic E-state index is 0.241. The SMILES string of the molecule is CC1(C)CN(c2ccc(N)cc2)C(=O)C1O. The van der Waals surface area contributed by atoms with E-state index in [4.69, 9.17) is 5.73 Å². The van der Waals surface area contributed by atoms with Crippen LogP contribution in [-0.4, -0.2) is 23.7 Å². The van der Waals surface area contributed by atoms with Crippen molar-refractivity contribution in [2.24, 2.45) is 5.41 Å². The second kappa shape index (κ2) is 3.49. The van der Waals surface area contributed by atoms with Gasteiger partial charge < -0.3 is 15.7 Å². The summed E-state index contributed by atoms with van der Waals surface area (Å²) in [6, 6.07) is 7.09. The number of rotatable bonds is 1. The number of hydrogen-bond donors (Lipinski definition) is 2. The molecule has 16 heavy (non-hydrogen) atoms. The number of nitrogens with two attached hydrogens (primary N) is 1. The van der Waals surface area contributed by atoms with Gasteiger partial charge in [0, 0.05) is 23.3 Å². The predicted molar refractivity (Wildman–Crippen MR) is 63.0 cm³/mol. The van der Waals surface area contributed by atoms with Crippen LogP contribution < -0.4 is 10.6 Å². The molecular formula is C12H16N2O2. The molecule has 3 N–H and O–H groups in total. The highest BCUT2D eigenvalue weighted by Crippen LogP contribution is 2.34. The molecule has 1 aliphatic heterocycles. The number of nitrogen functional groups attached to an aromatic ring is 1. The molecule has 0 spiro atoms. The zero-order valence-electron chi connectivity index (χ0n) is 9.47. The third kappa shape index (κ3) is 1.65. The Bertz CT molecular complexity index is 412. The van der Waals surface area contributed by atoms with Gasteiger partial charge in [-0.3, -0.25) is 4.79 Å². The normalized spacial score (nSPS) is 23.8. The number of anilines is 2. The Morgan fingerprint density at radius 3 is 2.38 bits per heavy atom. The minimum Gasteiger partial charge on any atom is -0.399 e. The van der Waals surface area contributed by atoms with Crippen LogP contribution >= 0.6 is 0 Å². The number of aliphatic hydroxyl groups excluding tert-OH is 1. The number of carbonyl (C=O) groups excluding carboxylic acids is 1. The topological polar surface area (TPSA) is 66.6 Å². The summed E-state index contributed by atoms with van der Waals surface area (Å²) in [5.41, 5.74) is 6.63. The lowest BCUT2D eigenvalue weighted by Crippen LogP contribution is -2.30. The smallest absolute Gasteiger partial charge is 0.256 e. The van der Waals surface area contributed by atoms with Gasteiger partial charge in [-0.25, -0.2) is 0 Å². The van der Waals surface area contributed by atoms with Crippen LogP contribution in [0.15, 0.2) is 24.3 Å². The van der Waals surface area contributed by atoms with E-state index in [1.165, 1.54) is 0 Å². The summed E-state index contributed by atoms with van der Waals surface area (Å²) < 4.78 is 0. The van der Waals surface area contributed by atoms with E-state index in [1.807, 2.05) is 13.8 Å². The van der Waals surface area contributed by atoms with E-state index in [-0.39, 0.29) is 5.91 Å². The first-order valence-electron chi connectivity index (χ1n) is 5.27. The van der Waals surface area contributed by atoms with Crippen molar-refractivity contribution in [3.05, 3.63) is 24.3 Å². The van der Waals surface area contributed by atoms with Crippen LogP contribution in [0, 0.1) is 5.41 Å². The summed E-state index contributed by atoms with van der Waals surface area (Å²) in [6.07, 6.45) is -0.926. The Morgan fingerprint density at radius 2 is 1.94 bits per heavy atom. The Balaban J connectivity index is 2.30. The van der Waals surface area contributed by atoms with Crippen LogP contribution in [0.25, 0.3) is 0 Å². The highest BCUT2D eigenvalue weighted by atomic mass is 16.3. The van der Waals surface area contributed by atoms with Gasteiger partial charge in [0.15, 0.2) is 0 Å². The summed E-state index contributed by atoms with van der Waals surface area (Å²) in [5, 5.41) is 9.80. The van der Waals surface area contributed by atoms with E-state index in [0.29, 0.717) is 12.2 Å². The second-order valence-corrected chi connectivity index (χ2v) is 4.91. The van der Waals surface area contributed by atoms with Crippen molar-refractivity contribution in [1.29, 1.82) is 0 Å². The summed E-state index contributed by atoms with van der Waals surface area (Å²) in [6.45, 7) is 4.29. The molecule has 86 valence electrons. The predicted octanol–water partition coefficient (Wildman–Crippen LogP) is 1.00. The van der Waals surface area contributed by atoms with Gasteiger partial charge in [-0.1, -0.05) is 13.8 Å². The van der Waals surface area contributed by atoms with Crippen LogP contribution in [0.5, 0.6) is 0 Å². The molecule has 1 aliphatic rings. The van der Waals surface area contributed by atoms with Crippen molar-refractivity contribution in [1.82, 2.24) is 0 Å². The van der Waals surface area contributed by atoms with Crippen molar-refractivity contribution < 1.29 is 9.90 Å². The molecule has 4 nitrogen and oxygen atoms in total. The Kier molecular flexibility index (Phi) is 2.39. The number of amides is 1. The largest absolute Gasteiger partial charge is 0.399 e. The van der Waals surface area contributed by atoms with E-state index in [9.17, 15) is 9.90 Å². The average molecular weight is 220 g/mol. The molecule has 0 aromatic heterocycles. The third-order valence-corrected chi connectivity index (χ3v) is 3.01. The maximum absolute atomic E-state index is 11.9. The van der Waals surface area contributed by atoms with Crippen molar-refractivity contribution in [3.63, 3.8) is 0 Å². The van der Waals surface area contributed by atoms with Crippen molar-refractivity contribution >= 4 is 17.3 Å². The van der Waals surface area contributed by atoms with Gasteiger partial charge in [-0.2, -0.15) is 0 Å². The third-order valence-electron chi connectivity index (χ3n) is 3.01. The molecule has 0 radical (unpaired) electrons. The molecule has 2 rings (SSSR count). The fraction of sp³-hybridized carbons (Fsp3) is 0.417. The van der Waals surface area contributed by atoms with Crippen LogP contribution in [0.4, 0.5) is 11.4 Å². The quantitative estimate of drug-likeness (QED) is 0.694. The molecule has 0 bridgehead atoms. The monoisotopic (exact) mass is 220 g/mol. The zero-order valence-corrected chi connectivity index (χ0v) is 9.47. The van der Waals surface area contributed by atoms with E-state index >= 15 is 0 Å². The van der Waals surface area contributed by atoms with E-state index in [1.54, 1.807) is 29.2 Å². The molecule has 4 heteroatoms. The van der Waals surface area contributed by atoms with Crippen molar-refractivity contribution in [2.75, 3.05) is 17.2 Å². The molecule has 0 saturated carbocycles. The molecule has 1 atom stereocenters. The summed E-state index contributed by atoms with van der Waals surface area (Å²) in [4.78, 5) is 13.5. The summed E-state index contributed by atoms with van der Waals surface area (Å²) in [5.74, 6) is -0.241. The summed E-state index contributed by atoms with van der Waals surface area (Å²) >= 11 is 0. The molecule has 0 aliphatic carbocycles. The number of carbonyl (C=O) groups is 1. The molecular weight excluding hydrogens is 204 g/mol. The van der Waals surface area contributed by atoms with Gasteiger partial charge in [0.05, 0.1) is 0 Å². The number of hydrogen-bond acceptors (Lipinski definition) is 3. The van der Waals surface area contributed by atoms with Gasteiger partial charge in [-0.15, -0.1) is 0 Å². The lowest BCUT2D eigenvalue weighted by Gasteiger charge is -2.20. The highest BCUT2D eigenvalue weighted by molar-refractivity contribution is 5.99. The van der Waals surface area contributed by atoms with Crippen LogP contribution in [-0.2, 0) is 4.79 Å². The maximum atomic E-state index is 11.9. The van der Waals surface area contributed by atoms with Crippen LogP contribution in [0.3, 0.4) is 0 Å². The fourth-order valence-corrected chi connectivity index (χ4v) is 1.93. The number of aliphatic hydroxyl groups is 1. The lowest BCUT2D eigenvalue weighted by molar-refractivity contribution is -0.126. The van der Waals surface area contributed by atoms with Crippen molar-refractivity contribution in [3.8, 4) is 0 Å². The minimum atomic E-state index is -0.926. The Hall–Kier alpha value is -1.55. The number of benzene rings is 1. The van der Waals surface area contributed by atoms with Crippen molar-refractivity contribution in [2.45, 2.75) is 20.0 Å². The van der Waals surface area contributed by atoms with Gasteiger partial charge >= 0.3 is 0 Å². The number of nitrogens with zero attached hydrogens (tertiary/aromatic N) is 1. The highest BCUT2D eigenvalue weighted by Gasteiger charge is 2.45. The van der Waals surface area contributed by atoms with Gasteiger partial charge in [0.25, 0.3) is 5.91 Å². The van der Waals surface area contributed by atoms with E-state index in [2.05, 4.69) is 0 Å². The molecule has 1 saturated heterocycles. The van der Waals surface area contributed by atoms with Crippen LogP contribution in [0.2, 0.25) is 0 Å². The first-order chi connectivity index (χ1) is 7.42. The second-order valence-electron chi connectivity index (χ2n) is 4.91. The first-order valence-corrected chi connectivity index (χ1v) is 5.27. The van der Waals surface area contributed by atoms with Gasteiger partial charge in [-0.05, 0) is 24.3 Å². The maximum Gasteiger partial charge on any atom is 0.256 e. The Morgan fingerprint density at radius 1 is 1.38 bits per heavy atom. The van der Waals surface area contributed by atoms with Gasteiger partial charge in [0.2, 0.25) is 0 Å². The molecule has 1 amide bonds. The van der Waals surface area contributed by atoms with Gasteiger partial charge in [0.1, 0.15) is 6.10 Å².